The summed E-state index contributed by atoms with van der Waals surface area (Å²) in [5.74, 6) is 0.0456. The van der Waals surface area contributed by atoms with Crippen molar-refractivity contribution in [2.45, 2.75) is 19.8 Å². The molecule has 0 unspecified atom stereocenters. The van der Waals surface area contributed by atoms with Gasteiger partial charge in [-0.1, -0.05) is 43.9 Å². The molecule has 14 heavy (non-hydrogen) atoms. The van der Waals surface area contributed by atoms with Crippen molar-refractivity contribution in [2.24, 2.45) is 0 Å². The summed E-state index contributed by atoms with van der Waals surface area (Å²) in [6.45, 7) is 5.55. The lowest BCUT2D eigenvalue weighted by molar-refractivity contribution is -0.113. The van der Waals surface area contributed by atoms with Crippen LogP contribution in [0, 0.1) is 0 Å². The Hall–Kier alpha value is -1.59. The number of rotatable bonds is 6. The van der Waals surface area contributed by atoms with Crippen LogP contribution < -0.4 is 0 Å². The Kier molecular flexibility index (Phi) is 8.42. The van der Waals surface area contributed by atoms with Gasteiger partial charge in [-0.15, -0.1) is 5.73 Å². The monoisotopic (exact) mass is 188 g/mol. The second-order valence-electron chi connectivity index (χ2n) is 2.65. The molecule has 0 aliphatic heterocycles. The Morgan fingerprint density at radius 2 is 2.07 bits per heavy atom. The summed E-state index contributed by atoms with van der Waals surface area (Å²) in [4.78, 5) is 11.1. The predicted octanol–water partition coefficient (Wildman–Crippen LogP) is 3.37. The highest BCUT2D eigenvalue weighted by Gasteiger charge is 1.88. The lowest BCUT2D eigenvalue weighted by Gasteiger charge is -1.82. The Morgan fingerprint density at radius 3 is 2.71 bits per heavy atom. The van der Waals surface area contributed by atoms with Gasteiger partial charge in [0.1, 0.15) is 0 Å². The van der Waals surface area contributed by atoms with Crippen LogP contribution >= 0.6 is 0 Å². The van der Waals surface area contributed by atoms with Gasteiger partial charge in [0.2, 0.25) is 0 Å². The van der Waals surface area contributed by atoms with Crippen LogP contribution in [-0.2, 0) is 4.79 Å². The van der Waals surface area contributed by atoms with Gasteiger partial charge in [0.15, 0.2) is 5.78 Å². The fraction of sp³-hybridized carbons (Fsp3) is 0.231. The predicted molar refractivity (Wildman–Crippen MR) is 61.0 cm³/mol. The lowest BCUT2D eigenvalue weighted by Crippen LogP contribution is -1.86. The molecule has 0 amide bonds. The van der Waals surface area contributed by atoms with Crippen LogP contribution in [-0.4, -0.2) is 5.78 Å². The smallest absolute Gasteiger partial charge is 0.167 e. The van der Waals surface area contributed by atoms with E-state index in [4.69, 9.17) is 0 Å². The first-order valence-electron chi connectivity index (χ1n) is 4.69. The Bertz CT molecular complexity index is 286. The van der Waals surface area contributed by atoms with Gasteiger partial charge in [0.25, 0.3) is 0 Å². The Labute approximate surface area is 85.8 Å². The molecule has 0 aromatic rings. The summed E-state index contributed by atoms with van der Waals surface area (Å²) in [6.07, 6.45) is 13.8. The average Bonchev–Trinajstić information content (AvgIpc) is 2.18. The van der Waals surface area contributed by atoms with Crippen molar-refractivity contribution in [3.8, 4) is 0 Å². The van der Waals surface area contributed by atoms with Crippen LogP contribution in [0.5, 0.6) is 0 Å². The largest absolute Gasteiger partial charge is 0.294 e. The maximum atomic E-state index is 11.1. The van der Waals surface area contributed by atoms with Crippen LogP contribution in [0.1, 0.15) is 19.8 Å². The number of carbonyl (C=O) groups excluding carboxylic acids is 1. The maximum Gasteiger partial charge on any atom is 0.167 e. The zero-order chi connectivity index (χ0) is 10.6. The quantitative estimate of drug-likeness (QED) is 0.355. The third-order valence-corrected chi connectivity index (χ3v) is 1.40. The Morgan fingerprint density at radius 1 is 1.36 bits per heavy atom. The summed E-state index contributed by atoms with van der Waals surface area (Å²) < 4.78 is 0. The van der Waals surface area contributed by atoms with E-state index >= 15 is 0 Å². The van der Waals surface area contributed by atoms with Crippen molar-refractivity contribution >= 4 is 5.78 Å². The minimum Gasteiger partial charge on any atom is -0.294 e. The molecule has 0 fully saturated rings. The first-order valence-corrected chi connectivity index (χ1v) is 4.69. The first-order chi connectivity index (χ1) is 6.81. The van der Waals surface area contributed by atoms with Crippen molar-refractivity contribution < 1.29 is 4.79 Å². The van der Waals surface area contributed by atoms with Crippen LogP contribution in [0.3, 0.4) is 0 Å². The van der Waals surface area contributed by atoms with E-state index in [-0.39, 0.29) is 5.78 Å². The van der Waals surface area contributed by atoms with E-state index < -0.39 is 0 Å². The van der Waals surface area contributed by atoms with E-state index in [9.17, 15) is 4.79 Å². The van der Waals surface area contributed by atoms with Crippen LogP contribution in [0.2, 0.25) is 0 Å². The molecule has 0 aliphatic rings. The summed E-state index contributed by atoms with van der Waals surface area (Å²) in [5.41, 5.74) is 2.72. The van der Waals surface area contributed by atoms with Crippen LogP contribution in [0.15, 0.2) is 54.8 Å². The van der Waals surface area contributed by atoms with Gasteiger partial charge in [-0.25, -0.2) is 0 Å². The van der Waals surface area contributed by atoms with Crippen LogP contribution in [0.4, 0.5) is 0 Å². The normalized spacial score (nSPS) is 10.1. The number of hydrogen-bond donors (Lipinski definition) is 0. The molecule has 0 aromatic heterocycles. The lowest BCUT2D eigenvalue weighted by atomic mass is 10.2. The highest BCUT2D eigenvalue weighted by Crippen LogP contribution is 1.89. The number of allylic oxidation sites excluding steroid dienone is 6. The molecule has 0 atom stereocenters. The van der Waals surface area contributed by atoms with Gasteiger partial charge >= 0.3 is 0 Å². The molecule has 1 heteroatoms. The fourth-order valence-electron chi connectivity index (χ4n) is 0.745. The van der Waals surface area contributed by atoms with Gasteiger partial charge in [0.05, 0.1) is 0 Å². The topological polar surface area (TPSA) is 17.1 Å². The highest BCUT2D eigenvalue weighted by atomic mass is 16.1. The number of carbonyl (C=O) groups is 1. The van der Waals surface area contributed by atoms with E-state index in [2.05, 4.69) is 19.2 Å². The minimum atomic E-state index is 0.0456. The number of ketones is 1. The SMILES string of the molecule is C=CC=C=CC(=O)C/C=C/C=C/CC. The average molecular weight is 188 g/mol. The van der Waals surface area contributed by atoms with Gasteiger partial charge in [0, 0.05) is 12.5 Å². The zero-order valence-electron chi connectivity index (χ0n) is 8.57. The van der Waals surface area contributed by atoms with Crippen molar-refractivity contribution in [1.82, 2.24) is 0 Å². The standard InChI is InChI=1S/C13H16O/c1-3-5-7-8-10-12-13(14)11-9-6-4-2/h4-8,10-11H,2-3,12H2,1H3/b7-5+,10-8+. The molecular formula is C13H16O. The molecule has 0 aromatic carbocycles. The Balaban J connectivity index is 3.85. The van der Waals surface area contributed by atoms with Gasteiger partial charge < -0.3 is 0 Å². The van der Waals surface area contributed by atoms with Crippen molar-refractivity contribution in [1.29, 1.82) is 0 Å². The van der Waals surface area contributed by atoms with E-state index in [1.165, 1.54) is 6.08 Å². The first kappa shape index (κ1) is 12.4. The van der Waals surface area contributed by atoms with E-state index in [1.54, 1.807) is 12.2 Å². The molecule has 0 spiro atoms. The summed E-state index contributed by atoms with van der Waals surface area (Å²) in [6, 6.07) is 0. The molecular weight excluding hydrogens is 172 g/mol. The second kappa shape index (κ2) is 9.50. The summed E-state index contributed by atoms with van der Waals surface area (Å²) in [5, 5.41) is 0. The van der Waals surface area contributed by atoms with Crippen molar-refractivity contribution in [3.05, 3.63) is 54.8 Å². The minimum absolute atomic E-state index is 0.0456. The molecule has 0 saturated heterocycles. The number of hydrogen-bond acceptors (Lipinski definition) is 1. The van der Waals surface area contributed by atoms with Gasteiger partial charge in [-0.2, -0.15) is 0 Å². The summed E-state index contributed by atoms with van der Waals surface area (Å²) >= 11 is 0. The maximum absolute atomic E-state index is 11.1. The van der Waals surface area contributed by atoms with Crippen LogP contribution in [0.25, 0.3) is 0 Å². The fourth-order valence-corrected chi connectivity index (χ4v) is 0.745. The molecule has 1 nitrogen and oxygen atoms in total. The molecule has 0 rings (SSSR count). The highest BCUT2D eigenvalue weighted by molar-refractivity contribution is 5.90. The zero-order valence-corrected chi connectivity index (χ0v) is 8.57. The van der Waals surface area contributed by atoms with E-state index in [0.717, 1.165) is 6.42 Å². The third-order valence-electron chi connectivity index (χ3n) is 1.40. The van der Waals surface area contributed by atoms with Gasteiger partial charge in [-0.3, -0.25) is 4.79 Å². The van der Waals surface area contributed by atoms with E-state index in [0.29, 0.717) is 6.42 Å². The molecule has 74 valence electrons. The van der Waals surface area contributed by atoms with Gasteiger partial charge in [-0.05, 0) is 12.5 Å². The molecule has 0 heterocycles. The van der Waals surface area contributed by atoms with E-state index in [1.807, 2.05) is 24.3 Å². The summed E-state index contributed by atoms with van der Waals surface area (Å²) in [7, 11) is 0. The molecule has 0 bridgehead atoms. The van der Waals surface area contributed by atoms with Crippen molar-refractivity contribution in [2.75, 3.05) is 0 Å². The molecule has 0 aliphatic carbocycles. The van der Waals surface area contributed by atoms with Crippen molar-refractivity contribution in [3.63, 3.8) is 0 Å². The third kappa shape index (κ3) is 8.51. The molecule has 0 saturated carbocycles. The molecule has 0 N–H and O–H groups in total. The molecule has 0 radical (unpaired) electrons. The second-order valence-corrected chi connectivity index (χ2v) is 2.65.